The Hall–Kier alpha value is -4.51. The number of nitrogens with one attached hydrogen (secondary N) is 2. The molecule has 0 spiro atoms. The van der Waals surface area contributed by atoms with Crippen LogP contribution in [0.2, 0.25) is 0 Å². The van der Waals surface area contributed by atoms with E-state index in [1.165, 1.54) is 14.0 Å². The molecule has 0 fully saturated rings. The molecule has 2 aromatic carbocycles. The summed E-state index contributed by atoms with van der Waals surface area (Å²) in [6, 6.07) is 9.51. The highest BCUT2D eigenvalue weighted by Gasteiger charge is 2.15. The van der Waals surface area contributed by atoms with Gasteiger partial charge in [0, 0.05) is 42.6 Å². The van der Waals surface area contributed by atoms with Crippen molar-refractivity contribution < 1.29 is 14.3 Å². The summed E-state index contributed by atoms with van der Waals surface area (Å²) in [4.78, 5) is 31.1. The molecule has 0 saturated heterocycles. The number of hydrogen-bond donors (Lipinski definition) is 3. The van der Waals surface area contributed by atoms with E-state index >= 15 is 0 Å². The minimum absolute atomic E-state index is 0.124. The van der Waals surface area contributed by atoms with Crippen LogP contribution in [0.4, 0.5) is 23.3 Å². The van der Waals surface area contributed by atoms with Gasteiger partial charge in [0.25, 0.3) is 0 Å². The van der Waals surface area contributed by atoms with Crippen molar-refractivity contribution in [2.75, 3.05) is 44.7 Å². The van der Waals surface area contributed by atoms with Gasteiger partial charge in [0.05, 0.1) is 19.8 Å². The number of ether oxygens (including phenoxy) is 2. The molecule has 0 aliphatic rings. The first-order valence-corrected chi connectivity index (χ1v) is 11.1. The predicted octanol–water partition coefficient (Wildman–Crippen LogP) is 3.45. The Balaban J connectivity index is 1.72. The number of carbonyl (C=O) groups is 1. The lowest BCUT2D eigenvalue weighted by Crippen LogP contribution is -2.12. The summed E-state index contributed by atoms with van der Waals surface area (Å²) in [6.07, 6.45) is 3.31. The molecule has 2 heterocycles. The zero-order valence-corrected chi connectivity index (χ0v) is 20.8. The topological polar surface area (TPSA) is 140 Å². The Labute approximate surface area is 208 Å². The Kier molecular flexibility index (Phi) is 7.11. The molecule has 2 aromatic heterocycles. The molecule has 0 saturated carbocycles. The van der Waals surface area contributed by atoms with Crippen LogP contribution in [0.1, 0.15) is 12.5 Å². The van der Waals surface area contributed by atoms with E-state index in [0.29, 0.717) is 40.9 Å². The molecule has 0 unspecified atom stereocenters. The van der Waals surface area contributed by atoms with Crippen molar-refractivity contribution in [3.8, 4) is 22.8 Å². The number of nitrogens with two attached hydrogens (primary N) is 1. The minimum atomic E-state index is -0.145. The molecular weight excluding hydrogens is 460 g/mol. The molecule has 186 valence electrons. The molecule has 0 aliphatic carbocycles. The number of rotatable bonds is 8. The Bertz CT molecular complexity index is 1420. The van der Waals surface area contributed by atoms with E-state index in [4.69, 9.17) is 15.2 Å². The van der Waals surface area contributed by atoms with Gasteiger partial charge in [-0.3, -0.25) is 4.79 Å². The maximum absolute atomic E-state index is 11.6. The van der Waals surface area contributed by atoms with E-state index < -0.39 is 0 Å². The molecule has 1 amide bonds. The number of anilines is 4. The quantitative estimate of drug-likeness (QED) is 0.338. The molecule has 11 heteroatoms. The lowest BCUT2D eigenvalue weighted by molar-refractivity contribution is -0.114. The third-order valence-corrected chi connectivity index (χ3v) is 5.21. The summed E-state index contributed by atoms with van der Waals surface area (Å²) in [7, 11) is 7.07. The summed E-state index contributed by atoms with van der Waals surface area (Å²) in [5, 5.41) is 6.84. The maximum atomic E-state index is 11.6. The Morgan fingerprint density at radius 1 is 1.00 bits per heavy atom. The van der Waals surface area contributed by atoms with E-state index in [1.807, 2.05) is 49.3 Å². The van der Waals surface area contributed by atoms with Crippen LogP contribution in [0.3, 0.4) is 0 Å². The van der Waals surface area contributed by atoms with Crippen molar-refractivity contribution in [3.05, 3.63) is 48.3 Å². The van der Waals surface area contributed by atoms with Crippen LogP contribution in [0.25, 0.3) is 22.0 Å². The van der Waals surface area contributed by atoms with Crippen molar-refractivity contribution in [1.82, 2.24) is 24.8 Å². The molecule has 4 rings (SSSR count). The first-order valence-electron chi connectivity index (χ1n) is 11.1. The number of hydrogen-bond acceptors (Lipinski definition) is 10. The average molecular weight is 489 g/mol. The van der Waals surface area contributed by atoms with Crippen LogP contribution in [-0.4, -0.2) is 59.1 Å². The molecule has 0 atom stereocenters. The molecule has 4 N–H and O–H groups in total. The second-order valence-corrected chi connectivity index (χ2v) is 8.42. The highest BCUT2D eigenvalue weighted by molar-refractivity contribution is 5.91. The monoisotopic (exact) mass is 488 g/mol. The van der Waals surface area contributed by atoms with Crippen LogP contribution < -0.4 is 25.8 Å². The number of aromatic nitrogens is 4. The normalized spacial score (nSPS) is 10.9. The predicted molar refractivity (Wildman–Crippen MR) is 139 cm³/mol. The smallest absolute Gasteiger partial charge is 0.227 e. The van der Waals surface area contributed by atoms with E-state index in [2.05, 4.69) is 30.6 Å². The van der Waals surface area contributed by atoms with E-state index in [-0.39, 0.29) is 11.9 Å². The summed E-state index contributed by atoms with van der Waals surface area (Å²) < 4.78 is 11.0. The number of carbonyl (C=O) groups excluding carboxylic acids is 1. The van der Waals surface area contributed by atoms with Gasteiger partial charge in [-0.15, -0.1) is 0 Å². The first-order chi connectivity index (χ1) is 17.2. The van der Waals surface area contributed by atoms with Gasteiger partial charge < -0.3 is 30.7 Å². The van der Waals surface area contributed by atoms with Gasteiger partial charge in [0.15, 0.2) is 0 Å². The van der Waals surface area contributed by atoms with Gasteiger partial charge in [-0.2, -0.15) is 4.98 Å². The molecule has 0 bridgehead atoms. The summed E-state index contributed by atoms with van der Waals surface area (Å²) in [5.74, 6) is 1.27. The summed E-state index contributed by atoms with van der Waals surface area (Å²) in [6.45, 7) is 2.18. The van der Waals surface area contributed by atoms with Crippen molar-refractivity contribution in [3.63, 3.8) is 0 Å². The fourth-order valence-corrected chi connectivity index (χ4v) is 3.84. The largest absolute Gasteiger partial charge is 0.494 e. The van der Waals surface area contributed by atoms with E-state index in [1.54, 1.807) is 19.5 Å². The fourth-order valence-electron chi connectivity index (χ4n) is 3.84. The average Bonchev–Trinajstić information content (AvgIpc) is 2.82. The molecule has 11 nitrogen and oxygen atoms in total. The van der Waals surface area contributed by atoms with Crippen LogP contribution in [-0.2, 0) is 11.3 Å². The van der Waals surface area contributed by atoms with E-state index in [9.17, 15) is 4.79 Å². The zero-order chi connectivity index (χ0) is 25.8. The number of nitrogens with zero attached hydrogens (tertiary/aromatic N) is 5. The number of nitrogen functional groups attached to an aromatic ring is 1. The van der Waals surface area contributed by atoms with Gasteiger partial charge in [0.2, 0.25) is 23.7 Å². The Morgan fingerprint density at radius 3 is 2.47 bits per heavy atom. The lowest BCUT2D eigenvalue weighted by atomic mass is 10.1. The third-order valence-electron chi connectivity index (χ3n) is 5.21. The van der Waals surface area contributed by atoms with Crippen molar-refractivity contribution in [2.24, 2.45) is 0 Å². The Morgan fingerprint density at radius 2 is 1.78 bits per heavy atom. The van der Waals surface area contributed by atoms with Crippen LogP contribution in [0.15, 0.2) is 42.7 Å². The highest BCUT2D eigenvalue weighted by atomic mass is 16.5. The van der Waals surface area contributed by atoms with Crippen LogP contribution >= 0.6 is 0 Å². The molecule has 0 radical (unpaired) electrons. The van der Waals surface area contributed by atoms with E-state index in [0.717, 1.165) is 22.2 Å². The minimum Gasteiger partial charge on any atom is -0.494 e. The second-order valence-electron chi connectivity index (χ2n) is 8.42. The molecule has 4 aromatic rings. The summed E-state index contributed by atoms with van der Waals surface area (Å²) >= 11 is 0. The zero-order valence-electron chi connectivity index (χ0n) is 20.8. The first kappa shape index (κ1) is 24.6. The van der Waals surface area contributed by atoms with Crippen molar-refractivity contribution in [2.45, 2.75) is 13.5 Å². The van der Waals surface area contributed by atoms with Gasteiger partial charge in [-0.1, -0.05) is 0 Å². The number of amides is 1. The highest BCUT2D eigenvalue weighted by Crippen LogP contribution is 2.35. The van der Waals surface area contributed by atoms with Crippen molar-refractivity contribution >= 4 is 40.1 Å². The SMILES string of the molecule is COc1nc(N)ncc1-c1cc(OC)c2nc(Nc3cc(CN(C)C)cc(NC(C)=O)c3)ncc2c1. The fraction of sp³-hybridized carbons (Fsp3) is 0.240. The maximum Gasteiger partial charge on any atom is 0.227 e. The third kappa shape index (κ3) is 5.58. The van der Waals surface area contributed by atoms with Gasteiger partial charge in [0.1, 0.15) is 11.3 Å². The van der Waals surface area contributed by atoms with Crippen LogP contribution in [0.5, 0.6) is 11.6 Å². The number of fused-ring (bicyclic) bond motifs is 1. The summed E-state index contributed by atoms with van der Waals surface area (Å²) in [5.41, 5.74) is 10.2. The van der Waals surface area contributed by atoms with Gasteiger partial charge >= 0.3 is 0 Å². The second kappa shape index (κ2) is 10.4. The molecule has 0 aliphatic heterocycles. The lowest BCUT2D eigenvalue weighted by Gasteiger charge is -2.15. The number of benzene rings is 2. The molecule has 36 heavy (non-hydrogen) atoms. The standard InChI is InChI=1S/C25H28N8O3/c1-14(34)29-18-6-15(13-33(2)3)7-19(10-18)30-25-28-11-17-8-16(9-21(35-4)22(17)31-25)20-12-27-24(26)32-23(20)36-5/h6-12H,13H2,1-5H3,(H,29,34)(H2,26,27,32)(H,28,30,31). The number of methoxy groups -OCH3 is 2. The van der Waals surface area contributed by atoms with Crippen LogP contribution in [0, 0.1) is 0 Å². The van der Waals surface area contributed by atoms with Gasteiger partial charge in [-0.25, -0.2) is 15.0 Å². The van der Waals surface area contributed by atoms with Crippen molar-refractivity contribution in [1.29, 1.82) is 0 Å². The molecular formula is C25H28N8O3. The van der Waals surface area contributed by atoms with Gasteiger partial charge in [-0.05, 0) is 55.6 Å².